The summed E-state index contributed by atoms with van der Waals surface area (Å²) >= 11 is 0. The molecule has 0 saturated heterocycles. The van der Waals surface area contributed by atoms with E-state index in [1.54, 1.807) is 13.0 Å². The van der Waals surface area contributed by atoms with Crippen LogP contribution in [-0.2, 0) is 0 Å². The van der Waals surface area contributed by atoms with Crippen molar-refractivity contribution in [3.8, 4) is 0 Å². The van der Waals surface area contributed by atoms with Gasteiger partial charge in [0.2, 0.25) is 0 Å². The van der Waals surface area contributed by atoms with Crippen LogP contribution in [0.25, 0.3) is 0 Å². The summed E-state index contributed by atoms with van der Waals surface area (Å²) < 4.78 is 13.4. The lowest BCUT2D eigenvalue weighted by molar-refractivity contribution is 0.589. The van der Waals surface area contributed by atoms with E-state index < -0.39 is 0 Å². The third kappa shape index (κ3) is 3.78. The summed E-state index contributed by atoms with van der Waals surface area (Å²) in [5.41, 5.74) is 2.97. The van der Waals surface area contributed by atoms with Gasteiger partial charge < -0.3 is 5.32 Å². The predicted octanol–water partition coefficient (Wildman–Crippen LogP) is 3.75. The van der Waals surface area contributed by atoms with E-state index in [1.165, 1.54) is 5.57 Å². The average Bonchev–Trinajstić information content (AvgIpc) is 2.21. The van der Waals surface area contributed by atoms with Crippen LogP contribution in [0.1, 0.15) is 37.9 Å². The molecule has 0 bridgehead atoms. The van der Waals surface area contributed by atoms with E-state index in [0.29, 0.717) is 5.56 Å². The van der Waals surface area contributed by atoms with Crippen molar-refractivity contribution >= 4 is 0 Å². The lowest BCUT2D eigenvalue weighted by atomic mass is 10.1. The summed E-state index contributed by atoms with van der Waals surface area (Å²) in [4.78, 5) is 0. The fourth-order valence-corrected chi connectivity index (χ4v) is 1.44. The maximum absolute atomic E-state index is 13.4. The number of hydrogen-bond donors (Lipinski definition) is 1. The van der Waals surface area contributed by atoms with Crippen LogP contribution in [0.3, 0.4) is 0 Å². The molecule has 0 spiro atoms. The van der Waals surface area contributed by atoms with Crippen LogP contribution in [0.2, 0.25) is 0 Å². The Morgan fingerprint density at radius 3 is 2.69 bits per heavy atom. The van der Waals surface area contributed by atoms with Crippen LogP contribution < -0.4 is 5.32 Å². The number of halogens is 1. The Hall–Kier alpha value is -1.15. The Morgan fingerprint density at radius 1 is 1.44 bits per heavy atom. The molecule has 0 amide bonds. The first kappa shape index (κ1) is 12.9. The number of allylic oxidation sites excluding steroid dienone is 1. The van der Waals surface area contributed by atoms with Crippen molar-refractivity contribution in [2.45, 2.75) is 33.7 Å². The summed E-state index contributed by atoms with van der Waals surface area (Å²) in [7, 11) is 0. The number of aryl methyl sites for hydroxylation is 1. The molecule has 0 aromatic heterocycles. The number of rotatable bonds is 4. The van der Waals surface area contributed by atoms with Gasteiger partial charge in [-0.1, -0.05) is 23.8 Å². The SMILES string of the molecule is CC(C)=CCNC(C)c1ccc(C)c(F)c1. The zero-order valence-electron chi connectivity index (χ0n) is 10.5. The first-order valence-corrected chi connectivity index (χ1v) is 5.63. The smallest absolute Gasteiger partial charge is 0.126 e. The second-order valence-corrected chi connectivity index (χ2v) is 4.42. The first-order valence-electron chi connectivity index (χ1n) is 5.63. The normalized spacial score (nSPS) is 12.3. The van der Waals surface area contributed by atoms with Crippen LogP contribution in [0.15, 0.2) is 29.8 Å². The van der Waals surface area contributed by atoms with Gasteiger partial charge in [-0.25, -0.2) is 4.39 Å². The van der Waals surface area contributed by atoms with Crippen molar-refractivity contribution in [3.05, 3.63) is 46.8 Å². The molecule has 0 heterocycles. The lowest BCUT2D eigenvalue weighted by Crippen LogP contribution is -2.18. The molecule has 0 radical (unpaired) electrons. The van der Waals surface area contributed by atoms with Crippen molar-refractivity contribution in [1.29, 1.82) is 0 Å². The van der Waals surface area contributed by atoms with Gasteiger partial charge in [0.25, 0.3) is 0 Å². The number of nitrogens with one attached hydrogen (secondary N) is 1. The maximum Gasteiger partial charge on any atom is 0.126 e. The molecule has 1 unspecified atom stereocenters. The van der Waals surface area contributed by atoms with Gasteiger partial charge in [-0.05, 0) is 44.9 Å². The van der Waals surface area contributed by atoms with Crippen LogP contribution in [0.4, 0.5) is 4.39 Å². The van der Waals surface area contributed by atoms with Crippen molar-refractivity contribution in [2.24, 2.45) is 0 Å². The molecular weight excluding hydrogens is 201 g/mol. The monoisotopic (exact) mass is 221 g/mol. The standard InChI is InChI=1S/C14H20FN/c1-10(2)7-8-16-12(4)13-6-5-11(3)14(15)9-13/h5-7,9,12,16H,8H2,1-4H3. The minimum Gasteiger partial charge on any atom is -0.307 e. The number of hydrogen-bond acceptors (Lipinski definition) is 1. The van der Waals surface area contributed by atoms with Gasteiger partial charge in [-0.3, -0.25) is 0 Å². The Kier molecular flexibility index (Phi) is 4.69. The topological polar surface area (TPSA) is 12.0 Å². The second-order valence-electron chi connectivity index (χ2n) is 4.42. The fourth-order valence-electron chi connectivity index (χ4n) is 1.44. The highest BCUT2D eigenvalue weighted by atomic mass is 19.1. The summed E-state index contributed by atoms with van der Waals surface area (Å²) in [6.07, 6.45) is 2.13. The summed E-state index contributed by atoms with van der Waals surface area (Å²) in [5.74, 6) is -0.131. The minimum absolute atomic E-state index is 0.131. The van der Waals surface area contributed by atoms with E-state index >= 15 is 0 Å². The predicted molar refractivity (Wildman–Crippen MR) is 67.0 cm³/mol. The fraction of sp³-hybridized carbons (Fsp3) is 0.429. The zero-order chi connectivity index (χ0) is 12.1. The summed E-state index contributed by atoms with van der Waals surface area (Å²) in [6.45, 7) is 8.78. The molecular formula is C14H20FN. The Morgan fingerprint density at radius 2 is 2.12 bits per heavy atom. The van der Waals surface area contributed by atoms with E-state index in [1.807, 2.05) is 19.1 Å². The highest BCUT2D eigenvalue weighted by molar-refractivity contribution is 5.25. The summed E-state index contributed by atoms with van der Waals surface area (Å²) in [5, 5.41) is 3.33. The largest absolute Gasteiger partial charge is 0.307 e. The summed E-state index contributed by atoms with van der Waals surface area (Å²) in [6, 6.07) is 5.57. The molecule has 0 fully saturated rings. The molecule has 1 nitrogen and oxygen atoms in total. The Labute approximate surface area is 97.4 Å². The van der Waals surface area contributed by atoms with Crippen molar-refractivity contribution in [1.82, 2.24) is 5.32 Å². The molecule has 0 saturated carbocycles. The second kappa shape index (κ2) is 5.80. The van der Waals surface area contributed by atoms with E-state index in [9.17, 15) is 4.39 Å². The molecule has 16 heavy (non-hydrogen) atoms. The van der Waals surface area contributed by atoms with Gasteiger partial charge in [0, 0.05) is 12.6 Å². The van der Waals surface area contributed by atoms with Gasteiger partial charge in [-0.15, -0.1) is 0 Å². The molecule has 0 aliphatic carbocycles. The molecule has 1 atom stereocenters. The third-order valence-electron chi connectivity index (χ3n) is 2.63. The molecule has 1 aromatic carbocycles. The molecule has 2 heteroatoms. The minimum atomic E-state index is -0.131. The van der Waals surface area contributed by atoms with Gasteiger partial charge in [-0.2, -0.15) is 0 Å². The van der Waals surface area contributed by atoms with E-state index in [2.05, 4.69) is 25.2 Å². The Balaban J connectivity index is 2.62. The Bertz CT molecular complexity index is 378. The van der Waals surface area contributed by atoms with Crippen LogP contribution >= 0.6 is 0 Å². The molecule has 1 aromatic rings. The maximum atomic E-state index is 13.4. The van der Waals surface area contributed by atoms with Crippen molar-refractivity contribution in [2.75, 3.05) is 6.54 Å². The van der Waals surface area contributed by atoms with Crippen LogP contribution in [0, 0.1) is 12.7 Å². The van der Waals surface area contributed by atoms with E-state index in [4.69, 9.17) is 0 Å². The average molecular weight is 221 g/mol. The third-order valence-corrected chi connectivity index (χ3v) is 2.63. The number of benzene rings is 1. The molecule has 88 valence electrons. The van der Waals surface area contributed by atoms with Gasteiger partial charge in [0.1, 0.15) is 5.82 Å². The van der Waals surface area contributed by atoms with E-state index in [-0.39, 0.29) is 11.9 Å². The van der Waals surface area contributed by atoms with Crippen LogP contribution in [0.5, 0.6) is 0 Å². The highest BCUT2D eigenvalue weighted by Gasteiger charge is 2.06. The first-order chi connectivity index (χ1) is 7.50. The van der Waals surface area contributed by atoms with Gasteiger partial charge in [0.05, 0.1) is 0 Å². The van der Waals surface area contributed by atoms with Crippen molar-refractivity contribution < 1.29 is 4.39 Å². The quantitative estimate of drug-likeness (QED) is 0.763. The lowest BCUT2D eigenvalue weighted by Gasteiger charge is -2.13. The molecule has 1 N–H and O–H groups in total. The van der Waals surface area contributed by atoms with Gasteiger partial charge in [0.15, 0.2) is 0 Å². The molecule has 1 rings (SSSR count). The van der Waals surface area contributed by atoms with Crippen molar-refractivity contribution in [3.63, 3.8) is 0 Å². The molecule has 0 aliphatic heterocycles. The van der Waals surface area contributed by atoms with Gasteiger partial charge >= 0.3 is 0 Å². The van der Waals surface area contributed by atoms with Crippen LogP contribution in [-0.4, -0.2) is 6.54 Å². The van der Waals surface area contributed by atoms with E-state index in [0.717, 1.165) is 12.1 Å². The zero-order valence-corrected chi connectivity index (χ0v) is 10.5. The highest BCUT2D eigenvalue weighted by Crippen LogP contribution is 2.15. The molecule has 0 aliphatic rings.